The van der Waals surface area contributed by atoms with E-state index in [4.69, 9.17) is 23.2 Å². The summed E-state index contributed by atoms with van der Waals surface area (Å²) in [6.07, 6.45) is 3.61. The number of nitrogens with zero attached hydrogens (tertiary/aromatic N) is 2. The molecule has 0 bridgehead atoms. The van der Waals surface area contributed by atoms with E-state index in [-0.39, 0.29) is 17.7 Å². The lowest BCUT2D eigenvalue weighted by Gasteiger charge is -2.36. The third-order valence-electron chi connectivity index (χ3n) is 5.95. The lowest BCUT2D eigenvalue weighted by Crippen LogP contribution is -2.51. The van der Waals surface area contributed by atoms with Gasteiger partial charge in [0.25, 0.3) is 5.91 Å². The minimum atomic E-state index is -0.886. The van der Waals surface area contributed by atoms with E-state index < -0.39 is 11.6 Å². The predicted molar refractivity (Wildman–Crippen MR) is 116 cm³/mol. The van der Waals surface area contributed by atoms with Crippen molar-refractivity contribution >= 4 is 41.0 Å². The molecule has 0 radical (unpaired) electrons. The Morgan fingerprint density at radius 2 is 1.87 bits per heavy atom. The quantitative estimate of drug-likeness (QED) is 0.665. The predicted octanol–water partition coefficient (Wildman–Crippen LogP) is 3.69. The van der Waals surface area contributed by atoms with E-state index >= 15 is 0 Å². The first-order valence-corrected chi connectivity index (χ1v) is 10.9. The van der Waals surface area contributed by atoms with Gasteiger partial charge in [-0.05, 0) is 55.5 Å². The Morgan fingerprint density at radius 1 is 1.10 bits per heavy atom. The molecule has 9 heteroatoms. The molecule has 1 aromatic heterocycles. The molecule has 0 atom stereocenters. The number of imide groups is 1. The minimum absolute atomic E-state index is 0.00342. The van der Waals surface area contributed by atoms with E-state index in [1.165, 1.54) is 0 Å². The Hall–Kier alpha value is -2.64. The van der Waals surface area contributed by atoms with E-state index in [9.17, 15) is 14.4 Å². The summed E-state index contributed by atoms with van der Waals surface area (Å²) in [6, 6.07) is 10.5. The van der Waals surface area contributed by atoms with Gasteiger partial charge in [-0.15, -0.1) is 0 Å². The van der Waals surface area contributed by atoms with Crippen molar-refractivity contribution in [1.82, 2.24) is 20.5 Å². The van der Waals surface area contributed by atoms with Gasteiger partial charge in [-0.2, -0.15) is 0 Å². The third kappa shape index (κ3) is 4.67. The van der Waals surface area contributed by atoms with Crippen molar-refractivity contribution in [2.75, 3.05) is 0 Å². The van der Waals surface area contributed by atoms with E-state index in [2.05, 4.69) is 15.6 Å². The molecule has 162 valence electrons. The molecule has 1 aliphatic heterocycles. The average molecular weight is 461 g/mol. The van der Waals surface area contributed by atoms with Crippen LogP contribution in [0.15, 0.2) is 42.6 Å². The summed E-state index contributed by atoms with van der Waals surface area (Å²) in [5.41, 5.74) is 0.766. The van der Waals surface area contributed by atoms with Crippen LogP contribution in [0.1, 0.15) is 36.9 Å². The maximum atomic E-state index is 13.5. The Bertz CT molecular complexity index is 1010. The highest BCUT2D eigenvalue weighted by molar-refractivity contribution is 6.42. The molecular formula is C22H22Cl2N4O3. The van der Waals surface area contributed by atoms with E-state index in [0.29, 0.717) is 48.8 Å². The number of carbonyl (C=O) groups is 3. The highest BCUT2D eigenvalue weighted by Gasteiger charge is 2.49. The molecule has 1 aromatic carbocycles. The van der Waals surface area contributed by atoms with Crippen LogP contribution in [0.5, 0.6) is 0 Å². The number of amides is 4. The van der Waals surface area contributed by atoms with Crippen molar-refractivity contribution in [3.8, 4) is 0 Å². The second-order valence-electron chi connectivity index (χ2n) is 8.03. The summed E-state index contributed by atoms with van der Waals surface area (Å²) in [5, 5.41) is 5.94. The molecule has 4 amide bonds. The van der Waals surface area contributed by atoms with Crippen LogP contribution in [0.2, 0.25) is 10.0 Å². The molecule has 2 heterocycles. The summed E-state index contributed by atoms with van der Waals surface area (Å²) in [7, 11) is 0. The third-order valence-corrected chi connectivity index (χ3v) is 6.69. The molecule has 4 rings (SSSR count). The molecular weight excluding hydrogens is 439 g/mol. The van der Waals surface area contributed by atoms with E-state index in [1.807, 2.05) is 24.3 Å². The number of halogens is 2. The first-order chi connectivity index (χ1) is 14.9. The molecule has 7 nitrogen and oxygen atoms in total. The Balaban J connectivity index is 1.50. The summed E-state index contributed by atoms with van der Waals surface area (Å²) in [4.78, 5) is 43.3. The first-order valence-electron chi connectivity index (χ1n) is 10.1. The Morgan fingerprint density at radius 3 is 2.48 bits per heavy atom. The number of pyridine rings is 1. The molecule has 31 heavy (non-hydrogen) atoms. The van der Waals surface area contributed by atoms with Gasteiger partial charge in [0, 0.05) is 18.7 Å². The van der Waals surface area contributed by atoms with Crippen LogP contribution < -0.4 is 10.6 Å². The second-order valence-corrected chi connectivity index (χ2v) is 8.84. The van der Waals surface area contributed by atoms with E-state index in [0.717, 1.165) is 11.3 Å². The van der Waals surface area contributed by atoms with Crippen LogP contribution in [0, 0.1) is 5.92 Å². The highest BCUT2D eigenvalue weighted by atomic mass is 35.5. The van der Waals surface area contributed by atoms with Crippen molar-refractivity contribution in [1.29, 1.82) is 0 Å². The van der Waals surface area contributed by atoms with E-state index in [1.54, 1.807) is 23.2 Å². The van der Waals surface area contributed by atoms with Gasteiger partial charge in [-0.25, -0.2) is 4.79 Å². The average Bonchev–Trinajstić information content (AvgIpc) is 3.03. The lowest BCUT2D eigenvalue weighted by atomic mass is 9.76. The summed E-state index contributed by atoms with van der Waals surface area (Å²) >= 11 is 12.2. The van der Waals surface area contributed by atoms with Crippen molar-refractivity contribution < 1.29 is 14.4 Å². The summed E-state index contributed by atoms with van der Waals surface area (Å²) in [6.45, 7) is 0.726. The van der Waals surface area contributed by atoms with Gasteiger partial charge in [0.05, 0.1) is 22.3 Å². The van der Waals surface area contributed by atoms with Crippen LogP contribution in [-0.2, 0) is 22.7 Å². The molecule has 2 aliphatic rings. The first kappa shape index (κ1) is 21.6. The summed E-state index contributed by atoms with van der Waals surface area (Å²) in [5.74, 6) is -0.539. The fourth-order valence-electron chi connectivity index (χ4n) is 4.25. The zero-order chi connectivity index (χ0) is 22.0. The topological polar surface area (TPSA) is 91.4 Å². The van der Waals surface area contributed by atoms with Crippen molar-refractivity contribution in [2.24, 2.45) is 5.92 Å². The molecule has 2 N–H and O–H groups in total. The Kier molecular flexibility index (Phi) is 6.16. The van der Waals surface area contributed by atoms with Crippen LogP contribution in [-0.4, -0.2) is 33.3 Å². The van der Waals surface area contributed by atoms with Crippen LogP contribution in [0.25, 0.3) is 0 Å². The van der Waals surface area contributed by atoms with Crippen LogP contribution in [0.4, 0.5) is 4.79 Å². The molecule has 0 unspecified atom stereocenters. The number of hydrogen-bond donors (Lipinski definition) is 2. The zero-order valence-corrected chi connectivity index (χ0v) is 18.2. The van der Waals surface area contributed by atoms with Gasteiger partial charge >= 0.3 is 6.03 Å². The molecule has 2 aromatic rings. The number of carbonyl (C=O) groups excluding carboxylic acids is 3. The maximum Gasteiger partial charge on any atom is 0.322 e. The smallest absolute Gasteiger partial charge is 0.322 e. The summed E-state index contributed by atoms with van der Waals surface area (Å²) < 4.78 is 0. The van der Waals surface area contributed by atoms with Gasteiger partial charge in [-0.1, -0.05) is 35.3 Å². The fraction of sp³-hybridized carbons (Fsp3) is 0.364. The van der Waals surface area contributed by atoms with Gasteiger partial charge in [0.15, 0.2) is 0 Å². The molecule has 1 aliphatic carbocycles. The molecule has 1 saturated carbocycles. The number of hydrogen-bond acceptors (Lipinski definition) is 4. The normalized spacial score (nSPS) is 22.8. The van der Waals surface area contributed by atoms with Crippen molar-refractivity contribution in [3.05, 3.63) is 63.9 Å². The van der Waals surface area contributed by atoms with Crippen LogP contribution >= 0.6 is 23.2 Å². The molecule has 1 saturated heterocycles. The Labute approximate surface area is 190 Å². The van der Waals surface area contributed by atoms with Crippen LogP contribution in [0.3, 0.4) is 0 Å². The fourth-order valence-corrected chi connectivity index (χ4v) is 4.57. The number of urea groups is 1. The standard InChI is InChI=1S/C22H22Cl2N4O3/c23-17-5-4-14(11-18(17)24)12-28(13-16-3-1-2-10-25-16)19(29)15-6-8-22(9-7-15)20(30)26-21(31)27-22/h1-5,10-11,15H,6-9,12-13H2,(H2,26,27,30,31). The maximum absolute atomic E-state index is 13.5. The molecule has 2 fully saturated rings. The SMILES string of the molecule is O=C1NC(=O)C2(CCC(C(=O)N(Cc3ccc(Cl)c(Cl)c3)Cc3ccccn3)CC2)N1. The second kappa shape index (κ2) is 8.85. The number of aromatic nitrogens is 1. The van der Waals surface area contributed by atoms with Gasteiger partial charge in [0.2, 0.25) is 5.91 Å². The monoisotopic (exact) mass is 460 g/mol. The highest BCUT2D eigenvalue weighted by Crippen LogP contribution is 2.35. The van der Waals surface area contributed by atoms with Gasteiger partial charge < -0.3 is 10.2 Å². The molecule has 1 spiro atoms. The lowest BCUT2D eigenvalue weighted by molar-refractivity contribution is -0.139. The largest absolute Gasteiger partial charge is 0.332 e. The van der Waals surface area contributed by atoms with Crippen molar-refractivity contribution in [3.63, 3.8) is 0 Å². The zero-order valence-electron chi connectivity index (χ0n) is 16.7. The minimum Gasteiger partial charge on any atom is -0.332 e. The number of rotatable bonds is 5. The van der Waals surface area contributed by atoms with Gasteiger partial charge in [0.1, 0.15) is 5.54 Å². The van der Waals surface area contributed by atoms with Crippen molar-refractivity contribution in [2.45, 2.75) is 44.3 Å². The number of benzene rings is 1. The number of nitrogens with one attached hydrogen (secondary N) is 2. The van der Waals surface area contributed by atoms with Gasteiger partial charge in [-0.3, -0.25) is 19.9 Å².